The molecule has 4 N–H and O–H groups in total. The fraction of sp³-hybridized carbons (Fsp3) is 0.500. The van der Waals surface area contributed by atoms with Gasteiger partial charge >= 0.3 is 0 Å². The van der Waals surface area contributed by atoms with Crippen LogP contribution in [0.25, 0.3) is 0 Å². The topological polar surface area (TPSA) is 69.7 Å². The molecule has 4 heteroatoms. The lowest BCUT2D eigenvalue weighted by Crippen LogP contribution is -2.37. The second kappa shape index (κ2) is 4.72. The van der Waals surface area contributed by atoms with Crippen molar-refractivity contribution in [3.8, 4) is 0 Å². The Bertz CT molecular complexity index is 368. The van der Waals surface area contributed by atoms with Crippen LogP contribution >= 0.6 is 0 Å². The van der Waals surface area contributed by atoms with Crippen molar-refractivity contribution in [1.29, 1.82) is 0 Å². The van der Waals surface area contributed by atoms with Crippen molar-refractivity contribution < 1.29 is 10.2 Å². The number of nitrogens with zero attached hydrogens (tertiary/aromatic N) is 1. The van der Waals surface area contributed by atoms with Gasteiger partial charge in [-0.3, -0.25) is 0 Å². The van der Waals surface area contributed by atoms with Gasteiger partial charge in [-0.2, -0.15) is 0 Å². The van der Waals surface area contributed by atoms with Crippen LogP contribution in [0.4, 0.5) is 11.4 Å². The largest absolute Gasteiger partial charge is 0.399 e. The second-order valence-electron chi connectivity index (χ2n) is 4.27. The molecule has 16 heavy (non-hydrogen) atoms. The van der Waals surface area contributed by atoms with Crippen LogP contribution in [-0.2, 0) is 6.42 Å². The molecule has 0 saturated carbocycles. The predicted molar refractivity (Wildman–Crippen MR) is 64.5 cm³/mol. The zero-order chi connectivity index (χ0) is 11.5. The van der Waals surface area contributed by atoms with Gasteiger partial charge in [0.1, 0.15) is 0 Å². The van der Waals surface area contributed by atoms with Gasteiger partial charge in [0.2, 0.25) is 0 Å². The fourth-order valence-electron chi connectivity index (χ4n) is 2.20. The van der Waals surface area contributed by atoms with E-state index in [2.05, 4.69) is 4.90 Å². The second-order valence-corrected chi connectivity index (χ2v) is 4.27. The highest BCUT2D eigenvalue weighted by molar-refractivity contribution is 5.61. The van der Waals surface area contributed by atoms with Crippen molar-refractivity contribution in [3.05, 3.63) is 23.8 Å². The van der Waals surface area contributed by atoms with Crippen LogP contribution in [0.15, 0.2) is 18.2 Å². The van der Waals surface area contributed by atoms with E-state index in [4.69, 9.17) is 10.8 Å². The minimum Gasteiger partial charge on any atom is -0.399 e. The van der Waals surface area contributed by atoms with E-state index in [1.807, 2.05) is 18.2 Å². The van der Waals surface area contributed by atoms with Crippen LogP contribution in [0, 0.1) is 0 Å². The molecule has 1 aliphatic heterocycles. The lowest BCUT2D eigenvalue weighted by molar-refractivity contribution is 0.0996. The first-order valence-corrected chi connectivity index (χ1v) is 5.63. The Morgan fingerprint density at radius 2 is 2.25 bits per heavy atom. The number of fused-ring (bicyclic) bond motifs is 1. The van der Waals surface area contributed by atoms with Crippen molar-refractivity contribution in [3.63, 3.8) is 0 Å². The van der Waals surface area contributed by atoms with E-state index in [9.17, 15) is 5.11 Å². The van der Waals surface area contributed by atoms with E-state index >= 15 is 0 Å². The van der Waals surface area contributed by atoms with Crippen molar-refractivity contribution in [2.75, 3.05) is 30.3 Å². The van der Waals surface area contributed by atoms with E-state index in [0.29, 0.717) is 6.54 Å². The van der Waals surface area contributed by atoms with E-state index in [0.717, 1.165) is 30.8 Å². The minimum absolute atomic E-state index is 0.194. The molecule has 1 aliphatic rings. The summed E-state index contributed by atoms with van der Waals surface area (Å²) in [7, 11) is 0. The number of aliphatic hydroxyl groups is 2. The summed E-state index contributed by atoms with van der Waals surface area (Å²) in [5.74, 6) is 0. The van der Waals surface area contributed by atoms with Gasteiger partial charge in [-0.1, -0.05) is 0 Å². The monoisotopic (exact) mass is 222 g/mol. The van der Waals surface area contributed by atoms with Crippen molar-refractivity contribution in [2.24, 2.45) is 0 Å². The number of β-amino-alcohol motifs (C(OH)–C–C–N with tert-alkyl or cyclic N) is 1. The summed E-state index contributed by atoms with van der Waals surface area (Å²) in [6.45, 7) is 1.21. The summed E-state index contributed by atoms with van der Waals surface area (Å²) in [6.07, 6.45) is 1.42. The maximum absolute atomic E-state index is 9.47. The summed E-state index contributed by atoms with van der Waals surface area (Å²) in [6, 6.07) is 5.86. The van der Waals surface area contributed by atoms with Crippen LogP contribution in [0.1, 0.15) is 12.0 Å². The van der Waals surface area contributed by atoms with Crippen molar-refractivity contribution in [1.82, 2.24) is 0 Å². The number of aliphatic hydroxyl groups excluding tert-OH is 2. The SMILES string of the molecule is Nc1ccc2c(c1)CCCN2CC(O)CO. The van der Waals surface area contributed by atoms with Gasteiger partial charge in [0.25, 0.3) is 0 Å². The molecular weight excluding hydrogens is 204 g/mol. The molecule has 2 rings (SSSR count). The smallest absolute Gasteiger partial charge is 0.0945 e. The Balaban J connectivity index is 2.19. The van der Waals surface area contributed by atoms with E-state index in [1.165, 1.54) is 5.56 Å². The van der Waals surface area contributed by atoms with Gasteiger partial charge in [0.05, 0.1) is 12.7 Å². The van der Waals surface area contributed by atoms with Crippen molar-refractivity contribution >= 4 is 11.4 Å². The number of anilines is 2. The third kappa shape index (κ3) is 2.28. The molecule has 1 aromatic rings. The van der Waals surface area contributed by atoms with E-state index in [1.54, 1.807) is 0 Å². The molecule has 4 nitrogen and oxygen atoms in total. The average molecular weight is 222 g/mol. The number of nitrogens with two attached hydrogens (primary N) is 1. The molecule has 0 amide bonds. The van der Waals surface area contributed by atoms with E-state index < -0.39 is 6.10 Å². The van der Waals surface area contributed by atoms with Gasteiger partial charge < -0.3 is 20.8 Å². The van der Waals surface area contributed by atoms with Gasteiger partial charge in [-0.15, -0.1) is 0 Å². The first-order valence-electron chi connectivity index (χ1n) is 5.63. The van der Waals surface area contributed by atoms with Gasteiger partial charge in [0.15, 0.2) is 0 Å². The van der Waals surface area contributed by atoms with E-state index in [-0.39, 0.29) is 6.61 Å². The molecular formula is C12H18N2O2. The summed E-state index contributed by atoms with van der Waals surface area (Å²) in [5, 5.41) is 18.3. The molecule has 0 saturated heterocycles. The van der Waals surface area contributed by atoms with Gasteiger partial charge in [-0.25, -0.2) is 0 Å². The number of hydrogen-bond acceptors (Lipinski definition) is 4. The Morgan fingerprint density at radius 1 is 1.44 bits per heavy atom. The molecule has 0 fully saturated rings. The number of hydrogen-bond donors (Lipinski definition) is 3. The number of benzene rings is 1. The van der Waals surface area contributed by atoms with Crippen LogP contribution in [0.2, 0.25) is 0 Å². The molecule has 1 aromatic carbocycles. The Morgan fingerprint density at radius 3 is 3.00 bits per heavy atom. The first kappa shape index (κ1) is 11.2. The third-order valence-corrected chi connectivity index (χ3v) is 2.96. The predicted octanol–water partition coefficient (Wildman–Crippen LogP) is 0.375. The number of aryl methyl sites for hydroxylation is 1. The maximum Gasteiger partial charge on any atom is 0.0945 e. The normalized spacial score (nSPS) is 17.0. The summed E-state index contributed by atoms with van der Waals surface area (Å²) in [5.41, 5.74) is 8.89. The molecule has 1 heterocycles. The highest BCUT2D eigenvalue weighted by Gasteiger charge is 2.18. The Labute approximate surface area is 95.3 Å². The Hall–Kier alpha value is -1.26. The minimum atomic E-state index is -0.677. The molecule has 1 atom stereocenters. The maximum atomic E-state index is 9.47. The first-order chi connectivity index (χ1) is 7.70. The third-order valence-electron chi connectivity index (χ3n) is 2.96. The molecule has 0 bridgehead atoms. The number of rotatable bonds is 3. The standard InChI is InChI=1S/C12H18N2O2/c13-10-3-4-12-9(6-10)2-1-5-14(12)7-11(16)8-15/h3-4,6,11,15-16H,1-2,5,7-8,13H2. The molecule has 0 aromatic heterocycles. The molecule has 88 valence electrons. The molecule has 0 spiro atoms. The zero-order valence-corrected chi connectivity index (χ0v) is 9.26. The highest BCUT2D eigenvalue weighted by Crippen LogP contribution is 2.28. The molecule has 0 aliphatic carbocycles. The molecule has 0 radical (unpaired) electrons. The van der Waals surface area contributed by atoms with Crippen LogP contribution in [0.5, 0.6) is 0 Å². The fourth-order valence-corrected chi connectivity index (χ4v) is 2.20. The quantitative estimate of drug-likeness (QED) is 0.646. The lowest BCUT2D eigenvalue weighted by Gasteiger charge is -2.32. The van der Waals surface area contributed by atoms with Gasteiger partial charge in [-0.05, 0) is 36.6 Å². The zero-order valence-electron chi connectivity index (χ0n) is 9.26. The van der Waals surface area contributed by atoms with Crippen LogP contribution in [0.3, 0.4) is 0 Å². The summed E-state index contributed by atoms with van der Waals surface area (Å²) in [4.78, 5) is 2.11. The highest BCUT2D eigenvalue weighted by atomic mass is 16.3. The Kier molecular flexibility index (Phi) is 3.31. The van der Waals surface area contributed by atoms with Crippen LogP contribution in [-0.4, -0.2) is 36.0 Å². The van der Waals surface area contributed by atoms with Gasteiger partial charge in [0, 0.05) is 24.5 Å². The van der Waals surface area contributed by atoms with Crippen LogP contribution < -0.4 is 10.6 Å². The number of nitrogen functional groups attached to an aromatic ring is 1. The van der Waals surface area contributed by atoms with Crippen molar-refractivity contribution in [2.45, 2.75) is 18.9 Å². The average Bonchev–Trinajstić information content (AvgIpc) is 2.28. The molecule has 1 unspecified atom stereocenters. The lowest BCUT2D eigenvalue weighted by atomic mass is 10.0. The summed E-state index contributed by atoms with van der Waals surface area (Å²) >= 11 is 0. The summed E-state index contributed by atoms with van der Waals surface area (Å²) < 4.78 is 0.